The van der Waals surface area contributed by atoms with Crippen molar-refractivity contribution in [2.45, 2.75) is 50.9 Å². The van der Waals surface area contributed by atoms with Crippen molar-refractivity contribution >= 4 is 10.9 Å². The molecule has 11 nitrogen and oxygen atoms in total. The SMILES string of the molecule is O=c1[nH]c2cc3c(cc2cc1C(c1nnnn1C1CCCC1)N(Cc1cccnc1)Cc1ccco1)OCCO3. The highest BCUT2D eigenvalue weighted by Gasteiger charge is 2.34. The first-order valence-electron chi connectivity index (χ1n) is 13.6. The summed E-state index contributed by atoms with van der Waals surface area (Å²) in [6.45, 7) is 1.89. The summed E-state index contributed by atoms with van der Waals surface area (Å²) < 4.78 is 19.3. The Bertz CT molecular complexity index is 1660. The number of pyridine rings is 2. The van der Waals surface area contributed by atoms with Gasteiger partial charge in [-0.2, -0.15) is 0 Å². The molecule has 0 bridgehead atoms. The number of aromatic nitrogens is 6. The molecule has 1 fully saturated rings. The Balaban J connectivity index is 1.40. The molecule has 0 spiro atoms. The number of nitrogens with zero attached hydrogens (tertiary/aromatic N) is 6. The lowest BCUT2D eigenvalue weighted by Gasteiger charge is -2.31. The number of hydrogen-bond donors (Lipinski definition) is 1. The molecule has 11 heteroatoms. The number of rotatable bonds is 8. The van der Waals surface area contributed by atoms with Crippen LogP contribution in [-0.4, -0.2) is 48.3 Å². The van der Waals surface area contributed by atoms with Gasteiger partial charge in [-0.3, -0.25) is 14.7 Å². The Kier molecular flexibility index (Phi) is 6.48. The summed E-state index contributed by atoms with van der Waals surface area (Å²) in [5.74, 6) is 2.68. The van der Waals surface area contributed by atoms with E-state index in [2.05, 4.69) is 30.4 Å². The van der Waals surface area contributed by atoms with E-state index in [1.54, 1.807) is 12.5 Å². The lowest BCUT2D eigenvalue weighted by atomic mass is 10.0. The Morgan fingerprint density at radius 3 is 2.67 bits per heavy atom. The van der Waals surface area contributed by atoms with Gasteiger partial charge in [-0.05, 0) is 59.2 Å². The molecular formula is C29H29N7O4. The standard InChI is InChI=1S/C29H29N7O4/c37-29-23(13-20-14-25-26(15-24(20)31-29)40-12-11-39-25)27(28-32-33-34-36(28)21-6-1-2-7-21)35(18-22-8-4-10-38-22)17-19-5-3-9-30-16-19/h3-5,8-10,13-16,21,27H,1-2,6-7,11-12,17-18H2,(H,31,37). The predicted molar refractivity (Wildman–Crippen MR) is 145 cm³/mol. The minimum Gasteiger partial charge on any atom is -0.486 e. The normalized spacial score (nSPS) is 16.1. The van der Waals surface area contributed by atoms with E-state index in [4.69, 9.17) is 13.9 Å². The van der Waals surface area contributed by atoms with Crippen molar-refractivity contribution in [3.8, 4) is 11.5 Å². The summed E-state index contributed by atoms with van der Waals surface area (Å²) in [5, 5.41) is 13.9. The number of tetrazole rings is 1. The van der Waals surface area contributed by atoms with E-state index in [0.717, 1.165) is 42.4 Å². The Morgan fingerprint density at radius 2 is 1.90 bits per heavy atom. The lowest BCUT2D eigenvalue weighted by Crippen LogP contribution is -2.35. The Morgan fingerprint density at radius 1 is 1.05 bits per heavy atom. The molecule has 1 atom stereocenters. The fourth-order valence-corrected chi connectivity index (χ4v) is 5.82. The van der Waals surface area contributed by atoms with Crippen molar-refractivity contribution in [2.24, 2.45) is 0 Å². The highest BCUT2D eigenvalue weighted by Crippen LogP contribution is 2.37. The maximum absolute atomic E-state index is 13.9. The van der Waals surface area contributed by atoms with Gasteiger partial charge in [0.05, 0.1) is 24.4 Å². The molecule has 0 saturated heterocycles. The number of H-pyrrole nitrogens is 1. The van der Waals surface area contributed by atoms with E-state index in [0.29, 0.717) is 54.7 Å². The summed E-state index contributed by atoms with van der Waals surface area (Å²) in [6, 6.07) is 13.0. The monoisotopic (exact) mass is 539 g/mol. The fraction of sp³-hybridized carbons (Fsp3) is 0.345. The molecule has 1 N–H and O–H groups in total. The van der Waals surface area contributed by atoms with Gasteiger partial charge in [0.15, 0.2) is 17.3 Å². The second kappa shape index (κ2) is 10.6. The molecule has 4 aromatic heterocycles. The van der Waals surface area contributed by atoms with Crippen LogP contribution in [0.25, 0.3) is 10.9 Å². The third kappa shape index (κ3) is 4.73. The molecule has 1 aliphatic carbocycles. The average Bonchev–Trinajstić information content (AvgIpc) is 3.76. The zero-order chi connectivity index (χ0) is 26.9. The van der Waals surface area contributed by atoms with Crippen molar-refractivity contribution in [1.29, 1.82) is 0 Å². The van der Waals surface area contributed by atoms with Crippen LogP contribution in [0, 0.1) is 0 Å². The topological polar surface area (TPSA) is 124 Å². The molecule has 5 heterocycles. The summed E-state index contributed by atoms with van der Waals surface area (Å²) in [7, 11) is 0. The predicted octanol–water partition coefficient (Wildman–Crippen LogP) is 4.18. The number of furan rings is 1. The lowest BCUT2D eigenvalue weighted by molar-refractivity contribution is 0.172. The average molecular weight is 540 g/mol. The molecule has 0 amide bonds. The number of nitrogens with one attached hydrogen (secondary N) is 1. The van der Waals surface area contributed by atoms with Gasteiger partial charge in [0.25, 0.3) is 5.56 Å². The van der Waals surface area contributed by atoms with Gasteiger partial charge in [-0.15, -0.1) is 5.10 Å². The number of fused-ring (bicyclic) bond motifs is 2. The van der Waals surface area contributed by atoms with Crippen molar-refractivity contribution in [3.63, 3.8) is 0 Å². The molecule has 1 saturated carbocycles. The Hall–Kier alpha value is -4.51. The van der Waals surface area contributed by atoms with E-state index in [1.165, 1.54) is 0 Å². The van der Waals surface area contributed by atoms with Gasteiger partial charge >= 0.3 is 0 Å². The summed E-state index contributed by atoms with van der Waals surface area (Å²) in [5.41, 5.74) is 1.99. The minimum absolute atomic E-state index is 0.188. The zero-order valence-corrected chi connectivity index (χ0v) is 21.9. The number of ether oxygens (including phenoxy) is 2. The number of hydrogen-bond acceptors (Lipinski definition) is 9. The van der Waals surface area contributed by atoms with Crippen LogP contribution in [0.4, 0.5) is 0 Å². The smallest absolute Gasteiger partial charge is 0.253 e. The molecular weight excluding hydrogens is 510 g/mol. The van der Waals surface area contributed by atoms with Crippen molar-refractivity contribution < 1.29 is 13.9 Å². The molecule has 5 aromatic rings. The third-order valence-electron chi connectivity index (χ3n) is 7.68. The first-order valence-corrected chi connectivity index (χ1v) is 13.6. The molecule has 1 aliphatic heterocycles. The highest BCUT2D eigenvalue weighted by molar-refractivity contribution is 5.83. The minimum atomic E-state index is -0.567. The summed E-state index contributed by atoms with van der Waals surface area (Å²) in [4.78, 5) is 23.4. The Labute approximate surface area is 229 Å². The number of benzene rings is 1. The first kappa shape index (κ1) is 24.5. The van der Waals surface area contributed by atoms with Crippen molar-refractivity contribution in [1.82, 2.24) is 35.1 Å². The van der Waals surface area contributed by atoms with Crippen LogP contribution >= 0.6 is 0 Å². The van der Waals surface area contributed by atoms with Gasteiger partial charge in [0, 0.05) is 36.0 Å². The second-order valence-corrected chi connectivity index (χ2v) is 10.3. The van der Waals surface area contributed by atoms with E-state index in [1.807, 2.05) is 53.3 Å². The third-order valence-corrected chi connectivity index (χ3v) is 7.68. The van der Waals surface area contributed by atoms with Crippen LogP contribution < -0.4 is 15.0 Å². The van der Waals surface area contributed by atoms with Crippen LogP contribution in [0.1, 0.15) is 60.5 Å². The molecule has 1 aromatic carbocycles. The molecule has 2 aliphatic rings. The fourth-order valence-electron chi connectivity index (χ4n) is 5.82. The molecule has 7 rings (SSSR count). The van der Waals surface area contributed by atoms with E-state index in [-0.39, 0.29) is 11.6 Å². The van der Waals surface area contributed by atoms with Crippen LogP contribution in [0.15, 0.2) is 70.3 Å². The maximum Gasteiger partial charge on any atom is 0.253 e. The largest absolute Gasteiger partial charge is 0.486 e. The first-order chi connectivity index (χ1) is 19.7. The summed E-state index contributed by atoms with van der Waals surface area (Å²) >= 11 is 0. The van der Waals surface area contributed by atoms with Crippen molar-refractivity contribution in [2.75, 3.05) is 13.2 Å². The van der Waals surface area contributed by atoms with Crippen LogP contribution in [-0.2, 0) is 13.1 Å². The van der Waals surface area contributed by atoms with Gasteiger partial charge < -0.3 is 18.9 Å². The van der Waals surface area contributed by atoms with E-state index >= 15 is 0 Å². The van der Waals surface area contributed by atoms with Crippen LogP contribution in [0.5, 0.6) is 11.5 Å². The van der Waals surface area contributed by atoms with Gasteiger partial charge in [0.1, 0.15) is 25.0 Å². The van der Waals surface area contributed by atoms with Gasteiger partial charge in [-0.1, -0.05) is 18.9 Å². The highest BCUT2D eigenvalue weighted by atomic mass is 16.6. The number of aromatic amines is 1. The van der Waals surface area contributed by atoms with Crippen LogP contribution in [0.2, 0.25) is 0 Å². The quantitative estimate of drug-likeness (QED) is 0.309. The van der Waals surface area contributed by atoms with Gasteiger partial charge in [0.2, 0.25) is 0 Å². The van der Waals surface area contributed by atoms with Crippen LogP contribution in [0.3, 0.4) is 0 Å². The maximum atomic E-state index is 13.9. The molecule has 204 valence electrons. The second-order valence-electron chi connectivity index (χ2n) is 10.3. The van der Waals surface area contributed by atoms with Gasteiger partial charge in [-0.25, -0.2) is 4.68 Å². The van der Waals surface area contributed by atoms with E-state index in [9.17, 15) is 4.79 Å². The van der Waals surface area contributed by atoms with Crippen molar-refractivity contribution in [3.05, 3.63) is 94.2 Å². The summed E-state index contributed by atoms with van der Waals surface area (Å²) in [6.07, 6.45) is 9.50. The molecule has 0 radical (unpaired) electrons. The molecule has 1 unspecified atom stereocenters. The molecule has 40 heavy (non-hydrogen) atoms. The van der Waals surface area contributed by atoms with E-state index < -0.39 is 6.04 Å². The zero-order valence-electron chi connectivity index (χ0n) is 21.9.